The first-order chi connectivity index (χ1) is 14.0. The summed E-state index contributed by atoms with van der Waals surface area (Å²) in [5.74, 6) is -1.07. The van der Waals surface area contributed by atoms with Crippen LogP contribution in [0.2, 0.25) is 0 Å². The second kappa shape index (κ2) is 12.3. The third-order valence-corrected chi connectivity index (χ3v) is 5.61. The summed E-state index contributed by atoms with van der Waals surface area (Å²) in [5, 5.41) is 5.27. The lowest BCUT2D eigenvalue weighted by atomic mass is 10.2. The number of amides is 2. The van der Waals surface area contributed by atoms with Gasteiger partial charge in [0.15, 0.2) is 6.10 Å². The summed E-state index contributed by atoms with van der Waals surface area (Å²) >= 11 is 0. The van der Waals surface area contributed by atoms with Gasteiger partial charge in [-0.05, 0) is 57.9 Å². The Balaban J connectivity index is 2.43. The molecule has 0 fully saturated rings. The minimum Gasteiger partial charge on any atom is -0.453 e. The zero-order chi connectivity index (χ0) is 22.7. The Morgan fingerprint density at radius 1 is 1.00 bits per heavy atom. The van der Waals surface area contributed by atoms with Gasteiger partial charge in [-0.3, -0.25) is 14.4 Å². The maximum atomic E-state index is 12.2. The summed E-state index contributed by atoms with van der Waals surface area (Å²) in [7, 11) is -3.61. The second-order valence-electron chi connectivity index (χ2n) is 7.22. The number of benzene rings is 1. The van der Waals surface area contributed by atoms with Gasteiger partial charge in [0.25, 0.3) is 5.91 Å². The standard InChI is InChI=1S/C20H31N3O6S/c1-14(2)23-30(27,28)18-11-9-17(10-12-18)22-20(26)15(3)29-19(25)8-6-5-7-13-21-16(4)24/h9-12,14-15,23H,5-8,13H2,1-4H3,(H,21,24)(H,22,26). The number of hydrogen-bond acceptors (Lipinski definition) is 6. The van der Waals surface area contributed by atoms with Gasteiger partial charge in [0.1, 0.15) is 0 Å². The predicted molar refractivity (Wildman–Crippen MR) is 113 cm³/mol. The highest BCUT2D eigenvalue weighted by Gasteiger charge is 2.19. The molecule has 0 spiro atoms. The lowest BCUT2D eigenvalue weighted by Crippen LogP contribution is -2.30. The molecule has 1 unspecified atom stereocenters. The van der Waals surface area contributed by atoms with Crippen molar-refractivity contribution in [2.45, 2.75) is 70.4 Å². The van der Waals surface area contributed by atoms with Crippen molar-refractivity contribution < 1.29 is 27.5 Å². The van der Waals surface area contributed by atoms with E-state index in [2.05, 4.69) is 15.4 Å². The number of unbranched alkanes of at least 4 members (excludes halogenated alkanes) is 2. The third kappa shape index (κ3) is 9.84. The molecular weight excluding hydrogens is 410 g/mol. The second-order valence-corrected chi connectivity index (χ2v) is 8.93. The highest BCUT2D eigenvalue weighted by molar-refractivity contribution is 7.89. The lowest BCUT2D eigenvalue weighted by molar-refractivity contribution is -0.153. The van der Waals surface area contributed by atoms with E-state index in [9.17, 15) is 22.8 Å². The van der Waals surface area contributed by atoms with Crippen molar-refractivity contribution in [2.24, 2.45) is 0 Å². The summed E-state index contributed by atoms with van der Waals surface area (Å²) in [6.45, 7) is 6.93. The summed E-state index contributed by atoms with van der Waals surface area (Å²) in [4.78, 5) is 34.9. The van der Waals surface area contributed by atoms with Gasteiger partial charge in [0.2, 0.25) is 15.9 Å². The van der Waals surface area contributed by atoms with E-state index in [1.165, 1.54) is 38.1 Å². The van der Waals surface area contributed by atoms with E-state index in [0.717, 1.165) is 12.8 Å². The van der Waals surface area contributed by atoms with Gasteiger partial charge in [-0.25, -0.2) is 13.1 Å². The molecule has 168 valence electrons. The number of carbonyl (C=O) groups is 3. The van der Waals surface area contributed by atoms with E-state index in [-0.39, 0.29) is 23.3 Å². The van der Waals surface area contributed by atoms with Crippen LogP contribution in [0.5, 0.6) is 0 Å². The molecule has 0 saturated carbocycles. The third-order valence-electron chi connectivity index (χ3n) is 3.93. The smallest absolute Gasteiger partial charge is 0.306 e. The Kier molecular flexibility index (Phi) is 10.5. The van der Waals surface area contributed by atoms with E-state index in [1.807, 2.05) is 0 Å². The fraction of sp³-hybridized carbons (Fsp3) is 0.550. The molecule has 0 aliphatic rings. The van der Waals surface area contributed by atoms with Gasteiger partial charge < -0.3 is 15.4 Å². The minimum absolute atomic E-state index is 0.0854. The van der Waals surface area contributed by atoms with Crippen LogP contribution in [0, 0.1) is 0 Å². The molecule has 10 heteroatoms. The van der Waals surface area contributed by atoms with Crippen LogP contribution in [-0.4, -0.2) is 44.9 Å². The molecule has 1 aromatic carbocycles. The fourth-order valence-corrected chi connectivity index (χ4v) is 3.74. The topological polar surface area (TPSA) is 131 Å². The van der Waals surface area contributed by atoms with Crippen molar-refractivity contribution in [1.82, 2.24) is 10.0 Å². The number of anilines is 1. The zero-order valence-electron chi connectivity index (χ0n) is 17.9. The Bertz CT molecular complexity index is 821. The first kappa shape index (κ1) is 25.6. The Labute approximate surface area is 178 Å². The first-order valence-electron chi connectivity index (χ1n) is 9.88. The van der Waals surface area contributed by atoms with Gasteiger partial charge in [-0.15, -0.1) is 0 Å². The van der Waals surface area contributed by atoms with Gasteiger partial charge in [-0.1, -0.05) is 6.42 Å². The average molecular weight is 442 g/mol. The number of rotatable bonds is 12. The number of esters is 1. The van der Waals surface area contributed by atoms with Crippen molar-refractivity contribution in [3.8, 4) is 0 Å². The minimum atomic E-state index is -3.61. The maximum absolute atomic E-state index is 12.2. The molecule has 0 saturated heterocycles. The van der Waals surface area contributed by atoms with Gasteiger partial charge in [0, 0.05) is 31.6 Å². The molecule has 1 atom stereocenters. The predicted octanol–water partition coefficient (Wildman–Crippen LogP) is 1.94. The normalized spacial score (nSPS) is 12.3. The molecule has 1 aromatic rings. The molecule has 0 heterocycles. The maximum Gasteiger partial charge on any atom is 0.306 e. The van der Waals surface area contributed by atoms with Gasteiger partial charge >= 0.3 is 5.97 Å². The summed E-state index contributed by atoms with van der Waals surface area (Å²) < 4.78 is 31.8. The summed E-state index contributed by atoms with van der Waals surface area (Å²) in [6.07, 6.45) is 1.33. The van der Waals surface area contributed by atoms with Crippen molar-refractivity contribution >= 4 is 33.5 Å². The Hall–Kier alpha value is -2.46. The van der Waals surface area contributed by atoms with Crippen LogP contribution < -0.4 is 15.4 Å². The van der Waals surface area contributed by atoms with E-state index >= 15 is 0 Å². The van der Waals surface area contributed by atoms with Crippen molar-refractivity contribution in [1.29, 1.82) is 0 Å². The Morgan fingerprint density at radius 3 is 2.20 bits per heavy atom. The van der Waals surface area contributed by atoms with Crippen molar-refractivity contribution in [3.63, 3.8) is 0 Å². The van der Waals surface area contributed by atoms with E-state index < -0.39 is 28.0 Å². The van der Waals surface area contributed by atoms with Crippen LogP contribution in [0.25, 0.3) is 0 Å². The quantitative estimate of drug-likeness (QED) is 0.336. The van der Waals surface area contributed by atoms with E-state index in [0.29, 0.717) is 18.7 Å². The summed E-state index contributed by atoms with van der Waals surface area (Å²) in [5.41, 5.74) is 0.393. The zero-order valence-corrected chi connectivity index (χ0v) is 18.7. The molecule has 3 N–H and O–H groups in total. The van der Waals surface area contributed by atoms with Crippen LogP contribution in [0.1, 0.15) is 53.4 Å². The van der Waals surface area contributed by atoms with Crippen LogP contribution >= 0.6 is 0 Å². The van der Waals surface area contributed by atoms with Crippen LogP contribution in [-0.2, 0) is 29.1 Å². The number of nitrogens with one attached hydrogen (secondary N) is 3. The molecule has 2 amide bonds. The molecule has 0 radical (unpaired) electrons. The monoisotopic (exact) mass is 441 g/mol. The molecule has 0 bridgehead atoms. The molecule has 0 aliphatic carbocycles. The first-order valence-corrected chi connectivity index (χ1v) is 11.4. The fourth-order valence-electron chi connectivity index (χ4n) is 2.48. The summed E-state index contributed by atoms with van der Waals surface area (Å²) in [6, 6.07) is 5.48. The van der Waals surface area contributed by atoms with Gasteiger partial charge in [0.05, 0.1) is 4.90 Å². The van der Waals surface area contributed by atoms with Crippen LogP contribution in [0.4, 0.5) is 5.69 Å². The van der Waals surface area contributed by atoms with Crippen LogP contribution in [0.3, 0.4) is 0 Å². The molecule has 9 nitrogen and oxygen atoms in total. The van der Waals surface area contributed by atoms with Crippen LogP contribution in [0.15, 0.2) is 29.2 Å². The van der Waals surface area contributed by atoms with Crippen molar-refractivity contribution in [2.75, 3.05) is 11.9 Å². The molecule has 30 heavy (non-hydrogen) atoms. The average Bonchev–Trinajstić information content (AvgIpc) is 2.63. The van der Waals surface area contributed by atoms with E-state index in [1.54, 1.807) is 13.8 Å². The SMILES string of the molecule is CC(=O)NCCCCCC(=O)OC(C)C(=O)Nc1ccc(S(=O)(=O)NC(C)C)cc1. The van der Waals surface area contributed by atoms with Gasteiger partial charge in [-0.2, -0.15) is 0 Å². The number of carbonyl (C=O) groups excluding carboxylic acids is 3. The van der Waals surface area contributed by atoms with Crippen molar-refractivity contribution in [3.05, 3.63) is 24.3 Å². The highest BCUT2D eigenvalue weighted by Crippen LogP contribution is 2.15. The Morgan fingerprint density at radius 2 is 1.63 bits per heavy atom. The molecule has 0 aromatic heterocycles. The lowest BCUT2D eigenvalue weighted by Gasteiger charge is -2.14. The molecule has 0 aliphatic heterocycles. The van der Waals surface area contributed by atoms with E-state index in [4.69, 9.17) is 4.74 Å². The number of sulfonamides is 1. The number of hydrogen-bond donors (Lipinski definition) is 3. The molecular formula is C20H31N3O6S. The highest BCUT2D eigenvalue weighted by atomic mass is 32.2. The largest absolute Gasteiger partial charge is 0.453 e. The number of ether oxygens (including phenoxy) is 1. The molecule has 1 rings (SSSR count).